The van der Waals surface area contributed by atoms with Crippen LogP contribution in [0.2, 0.25) is 5.02 Å². The van der Waals surface area contributed by atoms with Gasteiger partial charge >= 0.3 is 0 Å². The number of fused-ring (bicyclic) bond motifs is 1. The molecule has 1 atom stereocenters. The fourth-order valence-electron chi connectivity index (χ4n) is 3.16. The summed E-state index contributed by atoms with van der Waals surface area (Å²) >= 11 is 7.69. The van der Waals surface area contributed by atoms with E-state index in [4.69, 9.17) is 17.3 Å². The second kappa shape index (κ2) is 8.69. The molecule has 4 nitrogen and oxygen atoms in total. The Morgan fingerprint density at radius 3 is 2.89 bits per heavy atom. The Labute approximate surface area is 173 Å². The Balaban J connectivity index is 1.33. The van der Waals surface area contributed by atoms with Crippen molar-refractivity contribution < 1.29 is 0 Å². The van der Waals surface area contributed by atoms with E-state index in [1.165, 1.54) is 16.5 Å². The topological polar surface area (TPSA) is 63.8 Å². The van der Waals surface area contributed by atoms with Crippen molar-refractivity contribution in [3.05, 3.63) is 77.7 Å². The molecule has 0 aliphatic carbocycles. The predicted molar refractivity (Wildman–Crippen MR) is 119 cm³/mol. The molecular weight excluding hydrogens is 388 g/mol. The van der Waals surface area contributed by atoms with Crippen molar-refractivity contribution >= 4 is 38.8 Å². The van der Waals surface area contributed by atoms with Crippen LogP contribution in [-0.4, -0.2) is 22.6 Å². The molecule has 0 fully saturated rings. The van der Waals surface area contributed by atoms with Gasteiger partial charge < -0.3 is 11.1 Å². The van der Waals surface area contributed by atoms with E-state index in [9.17, 15) is 0 Å². The highest BCUT2D eigenvalue weighted by atomic mass is 35.5. The predicted octanol–water partition coefficient (Wildman–Crippen LogP) is 5.38. The van der Waals surface area contributed by atoms with Crippen molar-refractivity contribution in [2.45, 2.75) is 18.9 Å². The summed E-state index contributed by atoms with van der Waals surface area (Å²) in [5.41, 5.74) is 8.60. The molecule has 2 heterocycles. The molecule has 2 aromatic heterocycles. The lowest BCUT2D eigenvalue weighted by Gasteiger charge is -2.12. The molecule has 0 aliphatic rings. The molecule has 0 spiro atoms. The third kappa shape index (κ3) is 4.68. The molecule has 4 aromatic rings. The normalized spacial score (nSPS) is 12.2. The largest absolute Gasteiger partial charge is 0.361 e. The number of benzene rings is 2. The molecule has 2 aromatic carbocycles. The molecule has 0 radical (unpaired) electrons. The minimum Gasteiger partial charge on any atom is -0.361 e. The molecular formula is C22H21ClN4S. The maximum atomic E-state index is 6.26. The molecule has 4 rings (SSSR count). The molecule has 6 heteroatoms. The number of halogens is 1. The SMILES string of the molecule is N[C@H](CCNc1ncc(-c2ccc3cnccc3c2)s1)Cc1cccc(Cl)c1. The Bertz CT molecular complexity index is 1080. The zero-order valence-corrected chi connectivity index (χ0v) is 16.9. The molecule has 0 unspecified atom stereocenters. The minimum absolute atomic E-state index is 0.0829. The third-order valence-corrected chi connectivity index (χ3v) is 5.85. The van der Waals surface area contributed by atoms with Crippen LogP contribution in [0.1, 0.15) is 12.0 Å². The van der Waals surface area contributed by atoms with Crippen molar-refractivity contribution in [2.24, 2.45) is 5.73 Å². The van der Waals surface area contributed by atoms with Gasteiger partial charge in [0, 0.05) is 41.6 Å². The van der Waals surface area contributed by atoms with Gasteiger partial charge in [-0.2, -0.15) is 0 Å². The van der Waals surface area contributed by atoms with E-state index in [1.54, 1.807) is 11.3 Å². The maximum Gasteiger partial charge on any atom is 0.183 e. The zero-order valence-electron chi connectivity index (χ0n) is 15.3. The number of nitrogens with one attached hydrogen (secondary N) is 1. The van der Waals surface area contributed by atoms with E-state index in [0.717, 1.165) is 39.8 Å². The van der Waals surface area contributed by atoms with Crippen LogP contribution in [0.15, 0.2) is 67.1 Å². The van der Waals surface area contributed by atoms with Crippen molar-refractivity contribution in [2.75, 3.05) is 11.9 Å². The highest BCUT2D eigenvalue weighted by Crippen LogP contribution is 2.31. The van der Waals surface area contributed by atoms with E-state index >= 15 is 0 Å². The van der Waals surface area contributed by atoms with E-state index < -0.39 is 0 Å². The first-order chi connectivity index (χ1) is 13.7. The van der Waals surface area contributed by atoms with Crippen LogP contribution in [0.3, 0.4) is 0 Å². The summed E-state index contributed by atoms with van der Waals surface area (Å²) in [4.78, 5) is 9.81. The zero-order chi connectivity index (χ0) is 19.3. The van der Waals surface area contributed by atoms with Gasteiger partial charge in [-0.15, -0.1) is 0 Å². The molecule has 28 heavy (non-hydrogen) atoms. The van der Waals surface area contributed by atoms with Gasteiger partial charge in [-0.1, -0.05) is 47.2 Å². The van der Waals surface area contributed by atoms with Gasteiger partial charge in [-0.05, 0) is 53.6 Å². The average Bonchev–Trinajstić information content (AvgIpc) is 3.16. The first-order valence-corrected chi connectivity index (χ1v) is 10.4. The van der Waals surface area contributed by atoms with Crippen molar-refractivity contribution in [3.8, 4) is 10.4 Å². The summed E-state index contributed by atoms with van der Waals surface area (Å²) in [6.07, 6.45) is 7.30. The molecule has 0 amide bonds. The van der Waals surface area contributed by atoms with E-state index in [1.807, 2.05) is 42.9 Å². The first kappa shape index (κ1) is 18.9. The maximum absolute atomic E-state index is 6.26. The van der Waals surface area contributed by atoms with Gasteiger partial charge in [0.25, 0.3) is 0 Å². The second-order valence-electron chi connectivity index (χ2n) is 6.78. The van der Waals surface area contributed by atoms with Crippen LogP contribution in [0.5, 0.6) is 0 Å². The molecule has 0 saturated carbocycles. The third-order valence-electron chi connectivity index (χ3n) is 4.61. The number of aromatic nitrogens is 2. The van der Waals surface area contributed by atoms with E-state index in [0.29, 0.717) is 0 Å². The highest BCUT2D eigenvalue weighted by Gasteiger charge is 2.08. The van der Waals surface area contributed by atoms with Gasteiger partial charge in [0.1, 0.15) is 0 Å². The summed E-state index contributed by atoms with van der Waals surface area (Å²) in [7, 11) is 0. The average molecular weight is 409 g/mol. The number of nitrogens with two attached hydrogens (primary N) is 1. The molecule has 0 aliphatic heterocycles. The van der Waals surface area contributed by atoms with Gasteiger partial charge in [0.05, 0.1) is 4.88 Å². The number of hydrogen-bond donors (Lipinski definition) is 2. The molecule has 142 valence electrons. The summed E-state index contributed by atoms with van der Waals surface area (Å²) in [5.74, 6) is 0. The number of anilines is 1. The summed E-state index contributed by atoms with van der Waals surface area (Å²) < 4.78 is 0. The lowest BCUT2D eigenvalue weighted by molar-refractivity contribution is 0.629. The first-order valence-electron chi connectivity index (χ1n) is 9.21. The molecule has 3 N–H and O–H groups in total. The standard InChI is InChI=1S/C22H21ClN4S/c23-19-3-1-2-15(10-19)11-20(24)7-9-26-22-27-14-21(28-22)17-4-5-18-13-25-8-6-16(18)12-17/h1-6,8,10,12-14,20H,7,9,11,24H2,(H,26,27)/t20-/m1/s1. The fourth-order valence-corrected chi connectivity index (χ4v) is 4.21. The van der Waals surface area contributed by atoms with Gasteiger partial charge in [-0.25, -0.2) is 4.98 Å². The lowest BCUT2D eigenvalue weighted by atomic mass is 10.0. The van der Waals surface area contributed by atoms with Crippen molar-refractivity contribution in [3.63, 3.8) is 0 Å². The number of hydrogen-bond acceptors (Lipinski definition) is 5. The van der Waals surface area contributed by atoms with Crippen LogP contribution in [0.4, 0.5) is 5.13 Å². The van der Waals surface area contributed by atoms with Crippen molar-refractivity contribution in [1.82, 2.24) is 9.97 Å². The Hall–Kier alpha value is -2.47. The summed E-state index contributed by atoms with van der Waals surface area (Å²) in [6.45, 7) is 0.790. The Morgan fingerprint density at radius 2 is 2.00 bits per heavy atom. The van der Waals surface area contributed by atoms with Crippen LogP contribution in [-0.2, 0) is 6.42 Å². The summed E-state index contributed by atoms with van der Waals surface area (Å²) in [5, 5.41) is 7.38. The highest BCUT2D eigenvalue weighted by molar-refractivity contribution is 7.18. The van der Waals surface area contributed by atoms with Crippen LogP contribution in [0.25, 0.3) is 21.2 Å². The fraction of sp³-hybridized carbons (Fsp3) is 0.182. The number of nitrogens with zero attached hydrogens (tertiary/aromatic N) is 2. The minimum atomic E-state index is 0.0829. The van der Waals surface area contributed by atoms with Gasteiger partial charge in [0.15, 0.2) is 5.13 Å². The van der Waals surface area contributed by atoms with E-state index in [2.05, 4.69) is 39.6 Å². The Morgan fingerprint density at radius 1 is 1.07 bits per heavy atom. The van der Waals surface area contributed by atoms with Crippen LogP contribution >= 0.6 is 22.9 Å². The lowest BCUT2D eigenvalue weighted by Crippen LogP contribution is -2.25. The monoisotopic (exact) mass is 408 g/mol. The smallest absolute Gasteiger partial charge is 0.183 e. The van der Waals surface area contributed by atoms with E-state index in [-0.39, 0.29) is 6.04 Å². The van der Waals surface area contributed by atoms with Crippen molar-refractivity contribution in [1.29, 1.82) is 0 Å². The Kier molecular flexibility index (Phi) is 5.86. The van der Waals surface area contributed by atoms with Crippen LogP contribution < -0.4 is 11.1 Å². The van der Waals surface area contributed by atoms with Gasteiger partial charge in [-0.3, -0.25) is 4.98 Å². The second-order valence-corrected chi connectivity index (χ2v) is 8.24. The summed E-state index contributed by atoms with van der Waals surface area (Å²) in [6, 6.07) is 16.4. The van der Waals surface area contributed by atoms with Crippen LogP contribution in [0, 0.1) is 0 Å². The molecule has 0 saturated heterocycles. The quantitative estimate of drug-likeness (QED) is 0.430. The number of pyridine rings is 1. The molecule has 0 bridgehead atoms. The number of thiazole rings is 1. The number of rotatable bonds is 7. The van der Waals surface area contributed by atoms with Gasteiger partial charge in [0.2, 0.25) is 0 Å².